The Morgan fingerprint density at radius 1 is 1.21 bits per heavy atom. The van der Waals surface area contributed by atoms with Gasteiger partial charge < -0.3 is 10.1 Å². The Morgan fingerprint density at radius 3 is 2.74 bits per heavy atom. The summed E-state index contributed by atoms with van der Waals surface area (Å²) < 4.78 is 5.81. The van der Waals surface area contributed by atoms with Crippen molar-refractivity contribution in [2.45, 2.75) is 26.8 Å². The molecule has 1 aromatic heterocycles. The molecule has 0 radical (unpaired) electrons. The monoisotopic (exact) mass is 256 g/mol. The summed E-state index contributed by atoms with van der Waals surface area (Å²) in [5.74, 6) is 1.60. The average molecular weight is 256 g/mol. The minimum Gasteiger partial charge on any atom is -0.456 e. The van der Waals surface area contributed by atoms with Gasteiger partial charge in [-0.15, -0.1) is 0 Å². The number of nitrogens with zero attached hydrogens (tertiary/aromatic N) is 1. The highest BCUT2D eigenvalue weighted by molar-refractivity contribution is 5.34. The first-order chi connectivity index (χ1) is 9.19. The molecule has 0 spiro atoms. The fourth-order valence-electron chi connectivity index (χ4n) is 1.92. The Hall–Kier alpha value is -1.87. The third kappa shape index (κ3) is 3.80. The van der Waals surface area contributed by atoms with E-state index in [1.165, 1.54) is 5.56 Å². The summed E-state index contributed by atoms with van der Waals surface area (Å²) in [4.78, 5) is 4.22. The van der Waals surface area contributed by atoms with Crippen molar-refractivity contribution in [2.75, 3.05) is 6.54 Å². The van der Waals surface area contributed by atoms with Crippen LogP contribution < -0.4 is 10.1 Å². The molecule has 1 heterocycles. The zero-order chi connectivity index (χ0) is 13.7. The molecule has 100 valence electrons. The van der Waals surface area contributed by atoms with Crippen molar-refractivity contribution in [3.8, 4) is 11.5 Å². The Balaban J connectivity index is 2.12. The molecule has 0 saturated carbocycles. The summed E-state index contributed by atoms with van der Waals surface area (Å²) in [6.07, 6.45) is 1.75. The minimum absolute atomic E-state index is 0.324. The highest BCUT2D eigenvalue weighted by Crippen LogP contribution is 2.24. The summed E-state index contributed by atoms with van der Waals surface area (Å²) in [5.41, 5.74) is 2.21. The molecule has 0 aliphatic heterocycles. The lowest BCUT2D eigenvalue weighted by molar-refractivity contribution is 0.477. The average Bonchev–Trinajstić information content (AvgIpc) is 2.42. The molecule has 1 N–H and O–H groups in total. The van der Waals surface area contributed by atoms with Gasteiger partial charge in [-0.2, -0.15) is 0 Å². The molecular formula is C16H20N2O. The highest BCUT2D eigenvalue weighted by atomic mass is 16.5. The SMILES string of the molecule is CCNC(C)c1cccc(Oc2ccc(C)nc2)c1. The zero-order valence-electron chi connectivity index (χ0n) is 11.7. The van der Waals surface area contributed by atoms with E-state index in [1.54, 1.807) is 6.20 Å². The van der Waals surface area contributed by atoms with Gasteiger partial charge >= 0.3 is 0 Å². The zero-order valence-corrected chi connectivity index (χ0v) is 11.7. The van der Waals surface area contributed by atoms with Crippen molar-refractivity contribution in [1.82, 2.24) is 10.3 Å². The van der Waals surface area contributed by atoms with Crippen molar-refractivity contribution in [1.29, 1.82) is 0 Å². The molecule has 0 saturated heterocycles. The molecular weight excluding hydrogens is 236 g/mol. The van der Waals surface area contributed by atoms with E-state index in [1.807, 2.05) is 31.2 Å². The van der Waals surface area contributed by atoms with E-state index in [2.05, 4.69) is 36.3 Å². The van der Waals surface area contributed by atoms with Crippen LogP contribution in [0.3, 0.4) is 0 Å². The second-order valence-corrected chi connectivity index (χ2v) is 4.59. The largest absolute Gasteiger partial charge is 0.456 e. The number of hydrogen-bond donors (Lipinski definition) is 1. The first kappa shape index (κ1) is 13.6. The molecule has 0 aliphatic carbocycles. The van der Waals surface area contributed by atoms with Crippen molar-refractivity contribution in [3.05, 3.63) is 53.9 Å². The van der Waals surface area contributed by atoms with Crippen LogP contribution in [0.15, 0.2) is 42.6 Å². The standard InChI is InChI=1S/C16H20N2O/c1-4-17-13(3)14-6-5-7-15(10-14)19-16-9-8-12(2)18-11-16/h5-11,13,17H,4H2,1-3H3. The Bertz CT molecular complexity index is 523. The smallest absolute Gasteiger partial charge is 0.145 e. The number of aromatic nitrogens is 1. The fourth-order valence-corrected chi connectivity index (χ4v) is 1.92. The quantitative estimate of drug-likeness (QED) is 0.882. The number of ether oxygens (including phenoxy) is 1. The van der Waals surface area contributed by atoms with Gasteiger partial charge in [0, 0.05) is 11.7 Å². The van der Waals surface area contributed by atoms with Gasteiger partial charge in [0.05, 0.1) is 6.20 Å². The third-order valence-corrected chi connectivity index (χ3v) is 2.99. The predicted octanol–water partition coefficient (Wildman–Crippen LogP) is 3.85. The highest BCUT2D eigenvalue weighted by Gasteiger charge is 2.05. The first-order valence-electron chi connectivity index (χ1n) is 6.63. The Kier molecular flexibility index (Phi) is 4.53. The van der Waals surface area contributed by atoms with Crippen LogP contribution in [0.25, 0.3) is 0 Å². The van der Waals surface area contributed by atoms with E-state index in [0.717, 1.165) is 23.7 Å². The van der Waals surface area contributed by atoms with Gasteiger partial charge in [-0.3, -0.25) is 4.98 Å². The number of benzene rings is 1. The second kappa shape index (κ2) is 6.34. The molecule has 1 atom stereocenters. The van der Waals surface area contributed by atoms with E-state index in [9.17, 15) is 0 Å². The van der Waals surface area contributed by atoms with Crippen LogP contribution in [0.5, 0.6) is 11.5 Å². The summed E-state index contributed by atoms with van der Waals surface area (Å²) in [6.45, 7) is 7.17. The van der Waals surface area contributed by atoms with Crippen LogP contribution in [-0.2, 0) is 0 Å². The molecule has 0 amide bonds. The van der Waals surface area contributed by atoms with E-state index in [4.69, 9.17) is 4.74 Å². The number of pyridine rings is 1. The molecule has 3 heteroatoms. The van der Waals surface area contributed by atoms with Crippen molar-refractivity contribution >= 4 is 0 Å². The predicted molar refractivity (Wildman–Crippen MR) is 77.6 cm³/mol. The number of nitrogens with one attached hydrogen (secondary N) is 1. The maximum atomic E-state index is 5.81. The van der Waals surface area contributed by atoms with Crippen LogP contribution in [0.1, 0.15) is 31.1 Å². The lowest BCUT2D eigenvalue weighted by atomic mass is 10.1. The summed E-state index contributed by atoms with van der Waals surface area (Å²) in [6, 6.07) is 12.3. The number of hydrogen-bond acceptors (Lipinski definition) is 3. The van der Waals surface area contributed by atoms with Gasteiger partial charge in [0.15, 0.2) is 0 Å². The van der Waals surface area contributed by atoms with Gasteiger partial charge in [0.1, 0.15) is 11.5 Å². The second-order valence-electron chi connectivity index (χ2n) is 4.59. The maximum Gasteiger partial charge on any atom is 0.145 e. The minimum atomic E-state index is 0.324. The molecule has 1 aromatic carbocycles. The Morgan fingerprint density at radius 2 is 2.05 bits per heavy atom. The molecule has 1 unspecified atom stereocenters. The van der Waals surface area contributed by atoms with E-state index in [-0.39, 0.29) is 0 Å². The molecule has 0 bridgehead atoms. The van der Waals surface area contributed by atoms with Gasteiger partial charge in [-0.25, -0.2) is 0 Å². The molecule has 0 fully saturated rings. The van der Waals surface area contributed by atoms with Crippen LogP contribution in [0.4, 0.5) is 0 Å². The normalized spacial score (nSPS) is 12.2. The number of aryl methyl sites for hydroxylation is 1. The van der Waals surface area contributed by atoms with Crippen molar-refractivity contribution < 1.29 is 4.74 Å². The van der Waals surface area contributed by atoms with Crippen LogP contribution in [-0.4, -0.2) is 11.5 Å². The lowest BCUT2D eigenvalue weighted by Crippen LogP contribution is -2.17. The van der Waals surface area contributed by atoms with Crippen LogP contribution in [0, 0.1) is 6.92 Å². The topological polar surface area (TPSA) is 34.1 Å². The molecule has 0 aliphatic rings. The van der Waals surface area contributed by atoms with E-state index in [0.29, 0.717) is 6.04 Å². The van der Waals surface area contributed by atoms with Crippen molar-refractivity contribution in [2.24, 2.45) is 0 Å². The fraction of sp³-hybridized carbons (Fsp3) is 0.312. The molecule has 3 nitrogen and oxygen atoms in total. The van der Waals surface area contributed by atoms with Gasteiger partial charge in [-0.1, -0.05) is 19.1 Å². The molecule has 2 rings (SSSR count). The van der Waals surface area contributed by atoms with Crippen LogP contribution >= 0.6 is 0 Å². The summed E-state index contributed by atoms with van der Waals surface area (Å²) in [5, 5.41) is 3.39. The van der Waals surface area contributed by atoms with Crippen molar-refractivity contribution in [3.63, 3.8) is 0 Å². The third-order valence-electron chi connectivity index (χ3n) is 2.99. The van der Waals surface area contributed by atoms with E-state index >= 15 is 0 Å². The summed E-state index contributed by atoms with van der Waals surface area (Å²) in [7, 11) is 0. The Labute approximate surface area is 114 Å². The lowest BCUT2D eigenvalue weighted by Gasteiger charge is -2.14. The van der Waals surface area contributed by atoms with E-state index < -0.39 is 0 Å². The van der Waals surface area contributed by atoms with Gasteiger partial charge in [0.2, 0.25) is 0 Å². The van der Waals surface area contributed by atoms with Crippen LogP contribution in [0.2, 0.25) is 0 Å². The number of rotatable bonds is 5. The summed E-state index contributed by atoms with van der Waals surface area (Å²) >= 11 is 0. The molecule has 19 heavy (non-hydrogen) atoms. The van der Waals surface area contributed by atoms with Gasteiger partial charge in [-0.05, 0) is 50.2 Å². The molecule has 2 aromatic rings. The van der Waals surface area contributed by atoms with Gasteiger partial charge in [0.25, 0.3) is 0 Å². The first-order valence-corrected chi connectivity index (χ1v) is 6.63. The maximum absolute atomic E-state index is 5.81.